The van der Waals surface area contributed by atoms with Crippen LogP contribution in [0.1, 0.15) is 37.3 Å². The quantitative estimate of drug-likeness (QED) is 0.668. The Labute approximate surface area is 169 Å². The molecule has 0 radical (unpaired) electrons. The summed E-state index contributed by atoms with van der Waals surface area (Å²) < 4.78 is 13.9. The Balaban J connectivity index is 1.63. The number of hydrogen-bond donors (Lipinski definition) is 1. The van der Waals surface area contributed by atoms with Crippen LogP contribution in [0.2, 0.25) is 5.02 Å². The molecule has 2 bridgehead atoms. The van der Waals surface area contributed by atoms with Gasteiger partial charge in [0.25, 0.3) is 0 Å². The van der Waals surface area contributed by atoms with Crippen LogP contribution < -0.4 is 0 Å². The zero-order chi connectivity index (χ0) is 19.6. The van der Waals surface area contributed by atoms with E-state index in [1.165, 1.54) is 6.07 Å². The third-order valence-electron chi connectivity index (χ3n) is 7.05. The van der Waals surface area contributed by atoms with E-state index in [0.717, 1.165) is 42.4 Å². The van der Waals surface area contributed by atoms with Crippen LogP contribution >= 0.6 is 11.6 Å². The van der Waals surface area contributed by atoms with Crippen LogP contribution in [0.3, 0.4) is 0 Å². The van der Waals surface area contributed by atoms with Crippen LogP contribution in [0.15, 0.2) is 42.2 Å². The van der Waals surface area contributed by atoms with Crippen LogP contribution in [-0.4, -0.2) is 10.9 Å². The average Bonchev–Trinajstić information content (AvgIpc) is 3.37. The molecule has 0 heterocycles. The fraction of sp³-hybridized carbons (Fsp3) is 0.375. The van der Waals surface area contributed by atoms with Crippen LogP contribution in [0.25, 0.3) is 16.7 Å². The lowest BCUT2D eigenvalue weighted by Gasteiger charge is -2.23. The molecule has 5 rings (SSSR count). The molecule has 0 aliphatic heterocycles. The Bertz CT molecular complexity index is 1030. The number of rotatable bonds is 3. The number of fused-ring (bicyclic) bond motifs is 5. The summed E-state index contributed by atoms with van der Waals surface area (Å²) in [6.07, 6.45) is 4.05. The smallest absolute Gasteiger partial charge is 0.170 e. The molecule has 28 heavy (non-hydrogen) atoms. The van der Waals surface area contributed by atoms with Crippen molar-refractivity contribution in [1.82, 2.24) is 0 Å². The summed E-state index contributed by atoms with van der Waals surface area (Å²) in [5.74, 6) is 0.735. The second kappa shape index (κ2) is 6.45. The van der Waals surface area contributed by atoms with Gasteiger partial charge in [0, 0.05) is 11.8 Å². The Morgan fingerprint density at radius 2 is 1.75 bits per heavy atom. The summed E-state index contributed by atoms with van der Waals surface area (Å²) in [5, 5.41) is 11.1. The topological polar surface area (TPSA) is 37.3 Å². The van der Waals surface area contributed by atoms with E-state index in [1.807, 2.05) is 25.1 Å². The van der Waals surface area contributed by atoms with E-state index in [0.29, 0.717) is 23.0 Å². The van der Waals surface area contributed by atoms with Crippen molar-refractivity contribution in [1.29, 1.82) is 0 Å². The Kier molecular flexibility index (Phi) is 4.13. The van der Waals surface area contributed by atoms with Crippen molar-refractivity contribution in [3.63, 3.8) is 0 Å². The van der Waals surface area contributed by atoms with Gasteiger partial charge in [-0.05, 0) is 78.0 Å². The summed E-state index contributed by atoms with van der Waals surface area (Å²) in [6.45, 7) is 2.04. The zero-order valence-electron chi connectivity index (χ0n) is 15.7. The van der Waals surface area contributed by atoms with Gasteiger partial charge in [0.2, 0.25) is 0 Å². The van der Waals surface area contributed by atoms with Crippen molar-refractivity contribution in [2.45, 2.75) is 32.6 Å². The molecule has 4 atom stereocenters. The molecule has 2 fully saturated rings. The fourth-order valence-corrected chi connectivity index (χ4v) is 5.88. The number of aliphatic hydroxyl groups is 1. The minimum atomic E-state index is -0.467. The number of hydrogen-bond acceptors (Lipinski definition) is 2. The van der Waals surface area contributed by atoms with Gasteiger partial charge in [-0.3, -0.25) is 4.79 Å². The molecular formula is C24H22ClFO2. The summed E-state index contributed by atoms with van der Waals surface area (Å²) in [4.78, 5) is 13.3. The highest BCUT2D eigenvalue weighted by atomic mass is 35.5. The minimum absolute atomic E-state index is 0.00240. The molecule has 0 amide bonds. The van der Waals surface area contributed by atoms with Crippen molar-refractivity contribution in [3.8, 4) is 11.1 Å². The number of ketones is 1. The van der Waals surface area contributed by atoms with Gasteiger partial charge in [0.05, 0.1) is 10.6 Å². The molecule has 2 aromatic rings. The van der Waals surface area contributed by atoms with E-state index in [-0.39, 0.29) is 28.4 Å². The molecule has 0 unspecified atom stereocenters. The Morgan fingerprint density at radius 3 is 2.43 bits per heavy atom. The number of aliphatic hydroxyl groups excluding tert-OH is 1. The summed E-state index contributed by atoms with van der Waals surface area (Å²) in [7, 11) is 0. The number of carbonyl (C=O) groups excluding carboxylic acids is 1. The Hall–Kier alpha value is -2.13. The number of aryl methyl sites for hydroxylation is 1. The second-order valence-corrected chi connectivity index (χ2v) is 8.77. The van der Waals surface area contributed by atoms with E-state index in [2.05, 4.69) is 0 Å². The molecule has 0 saturated heterocycles. The van der Waals surface area contributed by atoms with E-state index >= 15 is 0 Å². The van der Waals surface area contributed by atoms with Gasteiger partial charge >= 0.3 is 0 Å². The average molecular weight is 397 g/mol. The van der Waals surface area contributed by atoms with Crippen LogP contribution in [0.5, 0.6) is 0 Å². The molecule has 2 nitrogen and oxygen atoms in total. The molecule has 144 valence electrons. The first kappa shape index (κ1) is 17.9. The van der Waals surface area contributed by atoms with Crippen molar-refractivity contribution in [3.05, 3.63) is 64.1 Å². The minimum Gasteiger partial charge on any atom is -0.511 e. The molecule has 0 aromatic heterocycles. The number of benzene rings is 2. The highest BCUT2D eigenvalue weighted by molar-refractivity contribution is 6.30. The lowest BCUT2D eigenvalue weighted by Crippen LogP contribution is -2.24. The number of carbonyl (C=O) groups is 1. The van der Waals surface area contributed by atoms with Crippen LogP contribution in [0, 0.1) is 29.5 Å². The first-order chi connectivity index (χ1) is 13.5. The monoisotopic (exact) mass is 396 g/mol. The van der Waals surface area contributed by atoms with E-state index in [4.69, 9.17) is 11.6 Å². The van der Waals surface area contributed by atoms with Crippen molar-refractivity contribution in [2.75, 3.05) is 0 Å². The highest BCUT2D eigenvalue weighted by Crippen LogP contribution is 2.60. The molecule has 4 heteroatoms. The van der Waals surface area contributed by atoms with Gasteiger partial charge in [0.15, 0.2) is 5.78 Å². The normalized spacial score (nSPS) is 28.3. The molecule has 0 spiro atoms. The molecule has 3 aliphatic rings. The van der Waals surface area contributed by atoms with Gasteiger partial charge in [0.1, 0.15) is 11.6 Å². The fourth-order valence-electron chi connectivity index (χ4n) is 5.77. The first-order valence-electron chi connectivity index (χ1n) is 10.1. The maximum absolute atomic E-state index is 13.9. The summed E-state index contributed by atoms with van der Waals surface area (Å²) in [6, 6.07) is 10.6. The van der Waals surface area contributed by atoms with Crippen molar-refractivity contribution < 1.29 is 14.3 Å². The zero-order valence-corrected chi connectivity index (χ0v) is 16.5. The number of Topliss-reactive ketones (excluding diaryl/α,β-unsaturated/α-hetero) is 1. The standard InChI is InChI=1S/C24H22ClFO2/c1-2-12-3-4-13(14-7-8-18(25)19(26)11-14)10-17(12)22-23(27)20-15-5-6-16(9-15)21(20)24(22)28/h3-4,7-8,10-11,15-16,20-21,27H,2,5-6,9H2,1H3/t15-,16+,20-,21+/m0/s1. The number of halogens is 2. The number of allylic oxidation sites excluding steroid dienone is 2. The second-order valence-electron chi connectivity index (χ2n) is 8.36. The van der Waals surface area contributed by atoms with E-state index in [9.17, 15) is 14.3 Å². The lowest BCUT2D eigenvalue weighted by molar-refractivity contribution is -0.118. The summed E-state index contributed by atoms with van der Waals surface area (Å²) >= 11 is 5.82. The van der Waals surface area contributed by atoms with Crippen LogP contribution in [-0.2, 0) is 11.2 Å². The van der Waals surface area contributed by atoms with Gasteiger partial charge in [-0.25, -0.2) is 4.39 Å². The summed E-state index contributed by atoms with van der Waals surface area (Å²) in [5.41, 5.74) is 3.85. The van der Waals surface area contributed by atoms with E-state index < -0.39 is 5.82 Å². The first-order valence-corrected chi connectivity index (χ1v) is 10.4. The SMILES string of the molecule is CCc1ccc(-c2ccc(Cl)c(F)c2)cc1C1=C(O)[C@H]2[C@H]3CC[C@H](C3)[C@H]2C1=O. The molecule has 2 saturated carbocycles. The van der Waals surface area contributed by atoms with E-state index in [1.54, 1.807) is 12.1 Å². The van der Waals surface area contributed by atoms with Crippen molar-refractivity contribution in [2.24, 2.45) is 23.7 Å². The van der Waals surface area contributed by atoms with Gasteiger partial charge in [-0.15, -0.1) is 0 Å². The molecule has 3 aliphatic carbocycles. The van der Waals surface area contributed by atoms with Gasteiger partial charge < -0.3 is 5.11 Å². The highest BCUT2D eigenvalue weighted by Gasteiger charge is 2.57. The largest absolute Gasteiger partial charge is 0.511 e. The van der Waals surface area contributed by atoms with Gasteiger partial charge in [-0.1, -0.05) is 36.7 Å². The third-order valence-corrected chi connectivity index (χ3v) is 7.36. The predicted octanol–water partition coefficient (Wildman–Crippen LogP) is 6.22. The molecule has 1 N–H and O–H groups in total. The molecule has 2 aromatic carbocycles. The lowest BCUT2D eigenvalue weighted by atomic mass is 9.80. The maximum Gasteiger partial charge on any atom is 0.170 e. The van der Waals surface area contributed by atoms with Crippen LogP contribution in [0.4, 0.5) is 4.39 Å². The van der Waals surface area contributed by atoms with Gasteiger partial charge in [-0.2, -0.15) is 0 Å². The third kappa shape index (κ3) is 2.49. The molecular weight excluding hydrogens is 375 g/mol. The predicted molar refractivity (Wildman–Crippen MR) is 109 cm³/mol. The maximum atomic E-state index is 13.9. The van der Waals surface area contributed by atoms with Crippen molar-refractivity contribution >= 4 is 23.0 Å². The Morgan fingerprint density at radius 1 is 1.07 bits per heavy atom.